The van der Waals surface area contributed by atoms with Crippen LogP contribution in [0.2, 0.25) is 0 Å². The minimum atomic E-state index is -3.28. The van der Waals surface area contributed by atoms with Crippen LogP contribution in [0.25, 0.3) is 0 Å². The molecule has 1 fully saturated rings. The first-order chi connectivity index (χ1) is 9.37. The van der Waals surface area contributed by atoms with Gasteiger partial charge in [-0.05, 0) is 19.1 Å². The monoisotopic (exact) mass is 301 g/mol. The van der Waals surface area contributed by atoms with Gasteiger partial charge in [-0.1, -0.05) is 0 Å². The molecule has 1 aliphatic heterocycles. The molecule has 2 heterocycles. The van der Waals surface area contributed by atoms with Crippen molar-refractivity contribution in [1.82, 2.24) is 14.9 Å². The number of hydrogen-bond donors (Lipinski definition) is 2. The Bertz CT molecular complexity index is 581. The quantitative estimate of drug-likeness (QED) is 0.801. The van der Waals surface area contributed by atoms with E-state index in [1.165, 1.54) is 0 Å². The molecule has 0 bridgehead atoms. The van der Waals surface area contributed by atoms with Gasteiger partial charge in [0.15, 0.2) is 5.76 Å². The number of sulfonamides is 1. The Hall–Kier alpha value is -1.38. The summed E-state index contributed by atoms with van der Waals surface area (Å²) in [5.41, 5.74) is 0. The van der Waals surface area contributed by atoms with Crippen molar-refractivity contribution in [3.8, 4) is 0 Å². The summed E-state index contributed by atoms with van der Waals surface area (Å²) >= 11 is 0. The zero-order valence-corrected chi connectivity index (χ0v) is 12.4. The lowest BCUT2D eigenvalue weighted by atomic mass is 10.2. The Morgan fingerprint density at radius 2 is 2.30 bits per heavy atom. The van der Waals surface area contributed by atoms with E-state index in [0.717, 1.165) is 19.3 Å². The third-order valence-corrected chi connectivity index (χ3v) is 3.81. The Morgan fingerprint density at radius 3 is 2.95 bits per heavy atom. The molecule has 0 aromatic carbocycles. The first-order valence-electron chi connectivity index (χ1n) is 6.42. The van der Waals surface area contributed by atoms with Gasteiger partial charge in [-0.2, -0.15) is 0 Å². The van der Waals surface area contributed by atoms with Gasteiger partial charge in [0, 0.05) is 25.7 Å². The van der Waals surface area contributed by atoms with Crippen molar-refractivity contribution in [1.29, 1.82) is 0 Å². The standard InChI is InChI=1S/C12H19N3O4S/c1-9-7-13-5-6-15(9)12(16)11-4-3-10(19-11)8-14-20(2,17)18/h3-4,9,13-14H,5-8H2,1-2H3/t9-/m0/s1. The molecular weight excluding hydrogens is 282 g/mol. The van der Waals surface area contributed by atoms with E-state index in [1.54, 1.807) is 17.0 Å². The zero-order valence-electron chi connectivity index (χ0n) is 11.5. The van der Waals surface area contributed by atoms with Crippen LogP contribution in [0.5, 0.6) is 0 Å². The molecule has 20 heavy (non-hydrogen) atoms. The van der Waals surface area contributed by atoms with E-state index < -0.39 is 10.0 Å². The molecule has 1 aliphatic rings. The maximum atomic E-state index is 12.3. The van der Waals surface area contributed by atoms with E-state index in [2.05, 4.69) is 10.0 Å². The molecule has 8 heteroatoms. The summed E-state index contributed by atoms with van der Waals surface area (Å²) in [6, 6.07) is 3.30. The Kier molecular flexibility index (Phi) is 4.46. The van der Waals surface area contributed by atoms with Crippen LogP contribution in [0.4, 0.5) is 0 Å². The number of carbonyl (C=O) groups excluding carboxylic acids is 1. The number of nitrogens with zero attached hydrogens (tertiary/aromatic N) is 1. The third kappa shape index (κ3) is 3.81. The summed E-state index contributed by atoms with van der Waals surface area (Å²) in [5.74, 6) is 0.496. The van der Waals surface area contributed by atoms with E-state index in [4.69, 9.17) is 4.42 Å². The highest BCUT2D eigenvalue weighted by atomic mass is 32.2. The lowest BCUT2D eigenvalue weighted by molar-refractivity contribution is 0.0621. The lowest BCUT2D eigenvalue weighted by Crippen LogP contribution is -2.52. The number of piperazine rings is 1. The third-order valence-electron chi connectivity index (χ3n) is 3.14. The van der Waals surface area contributed by atoms with Gasteiger partial charge in [0.25, 0.3) is 5.91 Å². The molecule has 1 amide bonds. The van der Waals surface area contributed by atoms with Crippen LogP contribution in [0.1, 0.15) is 23.2 Å². The highest BCUT2D eigenvalue weighted by Gasteiger charge is 2.26. The Balaban J connectivity index is 2.02. The molecule has 0 spiro atoms. The Morgan fingerprint density at radius 1 is 1.55 bits per heavy atom. The Labute approximate surface area is 118 Å². The van der Waals surface area contributed by atoms with Gasteiger partial charge >= 0.3 is 0 Å². The van der Waals surface area contributed by atoms with Crippen LogP contribution in [-0.2, 0) is 16.6 Å². The minimum Gasteiger partial charge on any atom is -0.455 e. The zero-order chi connectivity index (χ0) is 14.8. The van der Waals surface area contributed by atoms with Crippen molar-refractivity contribution >= 4 is 15.9 Å². The largest absolute Gasteiger partial charge is 0.455 e. The van der Waals surface area contributed by atoms with E-state index >= 15 is 0 Å². The molecule has 0 saturated carbocycles. The van der Waals surface area contributed by atoms with Crippen molar-refractivity contribution in [3.63, 3.8) is 0 Å². The summed E-state index contributed by atoms with van der Waals surface area (Å²) in [7, 11) is -3.28. The predicted octanol–water partition coefficient (Wildman–Crippen LogP) is -0.237. The van der Waals surface area contributed by atoms with Crippen LogP contribution < -0.4 is 10.0 Å². The number of carbonyl (C=O) groups is 1. The van der Waals surface area contributed by atoms with E-state index in [-0.39, 0.29) is 24.3 Å². The number of furan rings is 1. The van der Waals surface area contributed by atoms with Gasteiger partial charge in [0.2, 0.25) is 10.0 Å². The molecule has 2 rings (SSSR count). The van der Waals surface area contributed by atoms with Crippen LogP contribution in [0.3, 0.4) is 0 Å². The van der Waals surface area contributed by atoms with Crippen LogP contribution in [-0.4, -0.2) is 51.2 Å². The molecule has 112 valence electrons. The van der Waals surface area contributed by atoms with Crippen LogP contribution in [0, 0.1) is 0 Å². The maximum Gasteiger partial charge on any atom is 0.289 e. The van der Waals surface area contributed by atoms with Crippen molar-refractivity contribution in [2.24, 2.45) is 0 Å². The maximum absolute atomic E-state index is 12.3. The fourth-order valence-electron chi connectivity index (χ4n) is 2.07. The molecule has 0 unspecified atom stereocenters. The highest BCUT2D eigenvalue weighted by Crippen LogP contribution is 2.14. The summed E-state index contributed by atoms with van der Waals surface area (Å²) < 4.78 is 29.7. The fourth-order valence-corrected chi connectivity index (χ4v) is 2.48. The molecule has 2 N–H and O–H groups in total. The van der Waals surface area contributed by atoms with Crippen LogP contribution in [0.15, 0.2) is 16.5 Å². The van der Waals surface area contributed by atoms with Crippen molar-refractivity contribution in [3.05, 3.63) is 23.7 Å². The van der Waals surface area contributed by atoms with E-state index in [1.807, 2.05) is 6.92 Å². The molecule has 1 aromatic heterocycles. The van der Waals surface area contributed by atoms with E-state index in [9.17, 15) is 13.2 Å². The second-order valence-corrected chi connectivity index (χ2v) is 6.74. The summed E-state index contributed by atoms with van der Waals surface area (Å²) in [4.78, 5) is 14.0. The van der Waals surface area contributed by atoms with Crippen molar-refractivity contribution in [2.45, 2.75) is 19.5 Å². The first kappa shape index (κ1) is 15.0. The second-order valence-electron chi connectivity index (χ2n) is 4.91. The second kappa shape index (κ2) is 5.94. The average Bonchev–Trinajstić information content (AvgIpc) is 2.84. The minimum absolute atomic E-state index is 0.0449. The van der Waals surface area contributed by atoms with Gasteiger partial charge in [0.05, 0.1) is 12.8 Å². The molecule has 7 nitrogen and oxygen atoms in total. The summed E-state index contributed by atoms with van der Waals surface area (Å²) in [6.45, 7) is 4.17. The van der Waals surface area contributed by atoms with Crippen molar-refractivity contribution < 1.29 is 17.6 Å². The normalized spacial score (nSPS) is 20.1. The van der Waals surface area contributed by atoms with Gasteiger partial charge in [-0.25, -0.2) is 13.1 Å². The van der Waals surface area contributed by atoms with Crippen molar-refractivity contribution in [2.75, 3.05) is 25.9 Å². The van der Waals surface area contributed by atoms with Gasteiger partial charge in [-0.15, -0.1) is 0 Å². The van der Waals surface area contributed by atoms with Crippen LogP contribution >= 0.6 is 0 Å². The van der Waals surface area contributed by atoms with Gasteiger partial charge in [-0.3, -0.25) is 4.79 Å². The van der Waals surface area contributed by atoms with E-state index in [0.29, 0.717) is 12.3 Å². The topological polar surface area (TPSA) is 91.7 Å². The number of rotatable bonds is 4. The molecule has 1 saturated heterocycles. The SMILES string of the molecule is C[C@H]1CNCCN1C(=O)c1ccc(CNS(C)(=O)=O)o1. The molecule has 1 aromatic rings. The number of hydrogen-bond acceptors (Lipinski definition) is 5. The fraction of sp³-hybridized carbons (Fsp3) is 0.583. The number of nitrogens with one attached hydrogen (secondary N) is 2. The summed E-state index contributed by atoms with van der Waals surface area (Å²) in [6.07, 6.45) is 1.07. The smallest absolute Gasteiger partial charge is 0.289 e. The predicted molar refractivity (Wildman–Crippen MR) is 73.8 cm³/mol. The average molecular weight is 301 g/mol. The highest BCUT2D eigenvalue weighted by molar-refractivity contribution is 7.88. The molecular formula is C12H19N3O4S. The lowest BCUT2D eigenvalue weighted by Gasteiger charge is -2.33. The molecule has 0 radical (unpaired) electrons. The summed E-state index contributed by atoms with van der Waals surface area (Å²) in [5, 5.41) is 3.21. The molecule has 0 aliphatic carbocycles. The first-order valence-corrected chi connectivity index (χ1v) is 8.31. The molecule has 1 atom stereocenters. The van der Waals surface area contributed by atoms with Gasteiger partial charge in [0.1, 0.15) is 5.76 Å². The number of amides is 1. The van der Waals surface area contributed by atoms with Gasteiger partial charge < -0.3 is 14.6 Å².